The van der Waals surface area contributed by atoms with Crippen LogP contribution in [0, 0.1) is 11.6 Å². The van der Waals surface area contributed by atoms with Gasteiger partial charge in [0.2, 0.25) is 0 Å². The van der Waals surface area contributed by atoms with Crippen LogP contribution in [0.1, 0.15) is 30.0 Å². The highest BCUT2D eigenvalue weighted by Gasteiger charge is 2.33. The third kappa shape index (κ3) is 3.03. The molecule has 6 heteroatoms. The lowest BCUT2D eigenvalue weighted by Gasteiger charge is -2.11. The summed E-state index contributed by atoms with van der Waals surface area (Å²) in [5, 5.41) is 0. The molecule has 1 fully saturated rings. The van der Waals surface area contributed by atoms with Crippen LogP contribution in [0.4, 0.5) is 8.78 Å². The van der Waals surface area contributed by atoms with Gasteiger partial charge in [0.25, 0.3) is 5.56 Å². The lowest BCUT2D eigenvalue weighted by atomic mass is 10.1. The molecule has 0 aliphatic heterocycles. The summed E-state index contributed by atoms with van der Waals surface area (Å²) in [4.78, 5) is 13.0. The molecule has 1 aliphatic carbocycles. The van der Waals surface area contributed by atoms with Crippen LogP contribution in [0.15, 0.2) is 53.3 Å². The van der Waals surface area contributed by atoms with E-state index in [9.17, 15) is 13.6 Å². The molecule has 0 atom stereocenters. The van der Waals surface area contributed by atoms with Crippen molar-refractivity contribution >= 4 is 0 Å². The largest absolute Gasteiger partial charge is 0.487 e. The van der Waals surface area contributed by atoms with Crippen LogP contribution < -0.4 is 10.3 Å². The van der Waals surface area contributed by atoms with Crippen molar-refractivity contribution in [2.24, 2.45) is 7.05 Å². The van der Waals surface area contributed by atoms with Crippen molar-refractivity contribution in [3.05, 3.63) is 81.8 Å². The summed E-state index contributed by atoms with van der Waals surface area (Å²) in [6, 6.07) is 11.6. The molecule has 0 saturated heterocycles. The molecule has 0 spiro atoms. The average molecular weight is 356 g/mol. The Morgan fingerprint density at radius 3 is 2.15 bits per heavy atom. The molecule has 4 nitrogen and oxygen atoms in total. The molecular weight excluding hydrogens is 338 g/mol. The van der Waals surface area contributed by atoms with Crippen molar-refractivity contribution in [3.8, 4) is 11.4 Å². The van der Waals surface area contributed by atoms with Crippen LogP contribution in [-0.2, 0) is 13.7 Å². The lowest BCUT2D eigenvalue weighted by molar-refractivity contribution is 0.291. The third-order valence-electron chi connectivity index (χ3n) is 4.67. The zero-order valence-corrected chi connectivity index (χ0v) is 14.3. The summed E-state index contributed by atoms with van der Waals surface area (Å²) >= 11 is 0. The third-order valence-corrected chi connectivity index (χ3v) is 4.67. The number of nitrogens with zero attached hydrogens (tertiary/aromatic N) is 2. The first-order valence-corrected chi connectivity index (χ1v) is 8.49. The fourth-order valence-electron chi connectivity index (χ4n) is 3.18. The Hall–Kier alpha value is -2.89. The predicted octanol–water partition coefficient (Wildman–Crippen LogP) is 3.91. The molecule has 0 amide bonds. The highest BCUT2D eigenvalue weighted by atomic mass is 19.1. The molecule has 0 radical (unpaired) electrons. The molecule has 0 bridgehead atoms. The zero-order chi connectivity index (χ0) is 18.3. The second-order valence-corrected chi connectivity index (χ2v) is 6.49. The molecule has 26 heavy (non-hydrogen) atoms. The van der Waals surface area contributed by atoms with E-state index < -0.39 is 0 Å². The highest BCUT2D eigenvalue weighted by Crippen LogP contribution is 2.40. The molecule has 1 saturated carbocycles. The Labute approximate surface area is 149 Å². The number of benzene rings is 2. The molecule has 134 valence electrons. The van der Waals surface area contributed by atoms with E-state index in [1.165, 1.54) is 28.9 Å². The quantitative estimate of drug-likeness (QED) is 0.695. The predicted molar refractivity (Wildman–Crippen MR) is 93.7 cm³/mol. The lowest BCUT2D eigenvalue weighted by Crippen LogP contribution is -2.20. The van der Waals surface area contributed by atoms with E-state index in [1.54, 1.807) is 36.0 Å². The standard InChI is InChI=1S/C20H18F2N2O2/c1-23-18(12-26-17-10-6-15(22)7-11-17)19(13-2-3-13)20(25)24(23)16-8-4-14(21)5-9-16/h4-11,13H,2-3,12H2,1H3. The van der Waals surface area contributed by atoms with E-state index in [1.807, 2.05) is 0 Å². The molecule has 2 aromatic carbocycles. The van der Waals surface area contributed by atoms with Gasteiger partial charge < -0.3 is 4.74 Å². The maximum Gasteiger partial charge on any atom is 0.275 e. The van der Waals surface area contributed by atoms with Crippen LogP contribution in [0.25, 0.3) is 5.69 Å². The van der Waals surface area contributed by atoms with Crippen LogP contribution >= 0.6 is 0 Å². The monoisotopic (exact) mass is 356 g/mol. The molecular formula is C20H18F2N2O2. The Kier molecular flexibility index (Phi) is 4.11. The van der Waals surface area contributed by atoms with Crippen LogP contribution in [0.5, 0.6) is 5.75 Å². The number of aromatic nitrogens is 2. The van der Waals surface area contributed by atoms with Gasteiger partial charge in [-0.2, -0.15) is 0 Å². The summed E-state index contributed by atoms with van der Waals surface area (Å²) in [6.07, 6.45) is 1.96. The summed E-state index contributed by atoms with van der Waals surface area (Å²) in [5.41, 5.74) is 2.04. The van der Waals surface area contributed by atoms with Gasteiger partial charge in [0.15, 0.2) is 0 Å². The number of hydrogen-bond acceptors (Lipinski definition) is 2. The maximum absolute atomic E-state index is 13.2. The minimum absolute atomic E-state index is 0.0979. The van der Waals surface area contributed by atoms with Crippen LogP contribution in [0.2, 0.25) is 0 Å². The highest BCUT2D eigenvalue weighted by molar-refractivity contribution is 5.36. The van der Waals surface area contributed by atoms with Gasteiger partial charge in [-0.3, -0.25) is 9.48 Å². The van der Waals surface area contributed by atoms with Gasteiger partial charge in [0, 0.05) is 12.6 Å². The number of rotatable bonds is 5. The van der Waals surface area contributed by atoms with Crippen molar-refractivity contribution in [2.45, 2.75) is 25.4 Å². The number of halogens is 2. The van der Waals surface area contributed by atoms with Gasteiger partial charge in [-0.15, -0.1) is 0 Å². The molecule has 0 unspecified atom stereocenters. The minimum Gasteiger partial charge on any atom is -0.487 e. The van der Waals surface area contributed by atoms with Crippen molar-refractivity contribution in [2.75, 3.05) is 0 Å². The Balaban J connectivity index is 1.71. The Morgan fingerprint density at radius 1 is 1.00 bits per heavy atom. The maximum atomic E-state index is 13.2. The van der Waals surface area contributed by atoms with Gasteiger partial charge in [0.1, 0.15) is 24.0 Å². The number of hydrogen-bond donors (Lipinski definition) is 0. The van der Waals surface area contributed by atoms with Crippen LogP contribution in [0.3, 0.4) is 0 Å². The molecule has 0 N–H and O–H groups in total. The molecule has 1 heterocycles. The summed E-state index contributed by atoms with van der Waals surface area (Å²) in [5.74, 6) is 0.0986. The first-order chi connectivity index (χ1) is 12.5. The summed E-state index contributed by atoms with van der Waals surface area (Å²) in [7, 11) is 1.79. The van der Waals surface area contributed by atoms with E-state index in [0.29, 0.717) is 11.4 Å². The van der Waals surface area contributed by atoms with Crippen molar-refractivity contribution in [3.63, 3.8) is 0 Å². The Morgan fingerprint density at radius 2 is 1.58 bits per heavy atom. The molecule has 3 aromatic rings. The summed E-state index contributed by atoms with van der Waals surface area (Å²) in [6.45, 7) is 0.206. The van der Waals surface area contributed by atoms with E-state index in [2.05, 4.69) is 0 Å². The van der Waals surface area contributed by atoms with Gasteiger partial charge in [0.05, 0.1) is 11.4 Å². The normalized spacial score (nSPS) is 13.8. The SMILES string of the molecule is Cn1c(COc2ccc(F)cc2)c(C2CC2)c(=O)n1-c1ccc(F)cc1. The van der Waals surface area contributed by atoms with Gasteiger partial charge in [-0.25, -0.2) is 13.5 Å². The fourth-order valence-corrected chi connectivity index (χ4v) is 3.18. The first-order valence-electron chi connectivity index (χ1n) is 8.49. The molecule has 1 aliphatic rings. The molecule has 1 aromatic heterocycles. The van der Waals surface area contributed by atoms with E-state index >= 15 is 0 Å². The smallest absolute Gasteiger partial charge is 0.275 e. The first kappa shape index (κ1) is 16.6. The second kappa shape index (κ2) is 6.44. The average Bonchev–Trinajstić information content (AvgIpc) is 3.42. The van der Waals surface area contributed by atoms with Crippen molar-refractivity contribution < 1.29 is 13.5 Å². The topological polar surface area (TPSA) is 36.2 Å². The van der Waals surface area contributed by atoms with Crippen molar-refractivity contribution in [1.82, 2.24) is 9.36 Å². The van der Waals surface area contributed by atoms with Gasteiger partial charge in [-0.05, 0) is 67.3 Å². The fraction of sp³-hybridized carbons (Fsp3) is 0.250. The van der Waals surface area contributed by atoms with E-state index in [0.717, 1.165) is 24.1 Å². The Bertz CT molecular complexity index is 984. The summed E-state index contributed by atoms with van der Waals surface area (Å²) < 4.78 is 35.3. The van der Waals surface area contributed by atoms with E-state index in [-0.39, 0.29) is 29.7 Å². The minimum atomic E-state index is -0.349. The zero-order valence-electron chi connectivity index (χ0n) is 14.3. The number of ether oxygens (including phenoxy) is 1. The van der Waals surface area contributed by atoms with Crippen LogP contribution in [-0.4, -0.2) is 9.36 Å². The second-order valence-electron chi connectivity index (χ2n) is 6.49. The van der Waals surface area contributed by atoms with Crippen molar-refractivity contribution in [1.29, 1.82) is 0 Å². The van der Waals surface area contributed by atoms with Gasteiger partial charge >= 0.3 is 0 Å². The molecule has 4 rings (SSSR count). The van der Waals surface area contributed by atoms with Gasteiger partial charge in [-0.1, -0.05) is 0 Å². The van der Waals surface area contributed by atoms with E-state index in [4.69, 9.17) is 4.74 Å².